The summed E-state index contributed by atoms with van der Waals surface area (Å²) in [6, 6.07) is 2.78. The van der Waals surface area contributed by atoms with Gasteiger partial charge in [0.15, 0.2) is 0 Å². The van der Waals surface area contributed by atoms with Crippen molar-refractivity contribution in [3.8, 4) is 0 Å². The fourth-order valence-corrected chi connectivity index (χ4v) is 3.61. The van der Waals surface area contributed by atoms with Crippen LogP contribution in [0, 0.1) is 0 Å². The van der Waals surface area contributed by atoms with E-state index in [1.165, 1.54) is 30.7 Å². The van der Waals surface area contributed by atoms with Crippen molar-refractivity contribution in [1.82, 2.24) is 24.5 Å². The lowest BCUT2D eigenvalue weighted by molar-refractivity contribution is 0.307. The normalized spacial score (nSPS) is 22.6. The molecule has 20 heavy (non-hydrogen) atoms. The summed E-state index contributed by atoms with van der Waals surface area (Å²) in [6.07, 6.45) is 7.54. The van der Waals surface area contributed by atoms with Gasteiger partial charge in [-0.2, -0.15) is 10.2 Å². The molecular formula is C14H18BrN5. The first-order valence-electron chi connectivity index (χ1n) is 7.25. The number of aryl methyl sites for hydroxylation is 2. The molecule has 0 amide bonds. The molecule has 1 saturated heterocycles. The molecule has 4 heterocycles. The molecule has 0 aliphatic carbocycles. The number of aromatic nitrogens is 4. The van der Waals surface area contributed by atoms with Gasteiger partial charge in [-0.1, -0.05) is 0 Å². The molecule has 2 aromatic rings. The molecule has 2 aliphatic heterocycles. The predicted octanol–water partition coefficient (Wildman–Crippen LogP) is 2.24. The second-order valence-electron chi connectivity index (χ2n) is 5.77. The van der Waals surface area contributed by atoms with Crippen molar-refractivity contribution in [3.05, 3.63) is 34.3 Å². The minimum absolute atomic E-state index is 0.496. The second kappa shape index (κ2) is 5.00. The maximum atomic E-state index is 4.70. The highest BCUT2D eigenvalue weighted by atomic mass is 79.9. The van der Waals surface area contributed by atoms with Gasteiger partial charge >= 0.3 is 0 Å². The van der Waals surface area contributed by atoms with Gasteiger partial charge in [-0.3, -0.25) is 14.3 Å². The lowest BCUT2D eigenvalue weighted by Crippen LogP contribution is -2.21. The minimum atomic E-state index is 0.496. The minimum Gasteiger partial charge on any atom is -0.295 e. The van der Waals surface area contributed by atoms with Crippen molar-refractivity contribution in [3.63, 3.8) is 0 Å². The fraction of sp³-hybridized carbons (Fsp3) is 0.571. The van der Waals surface area contributed by atoms with Crippen molar-refractivity contribution in [2.45, 2.75) is 38.4 Å². The molecule has 0 spiro atoms. The van der Waals surface area contributed by atoms with Gasteiger partial charge in [0.25, 0.3) is 0 Å². The van der Waals surface area contributed by atoms with Gasteiger partial charge in [0.2, 0.25) is 0 Å². The van der Waals surface area contributed by atoms with E-state index in [0.717, 1.165) is 30.7 Å². The summed E-state index contributed by atoms with van der Waals surface area (Å²) in [7, 11) is 0. The van der Waals surface area contributed by atoms with E-state index in [4.69, 9.17) is 5.10 Å². The van der Waals surface area contributed by atoms with Gasteiger partial charge < -0.3 is 0 Å². The lowest BCUT2D eigenvalue weighted by atomic mass is 10.2. The summed E-state index contributed by atoms with van der Waals surface area (Å²) in [5, 5.41) is 9.10. The standard InChI is InChI=1S/C14H18BrN5/c15-11-7-16-20(8-11)14-3-5-18(10-14)9-12-6-13-2-1-4-19(13)17-12/h6-8,14H,1-5,9-10H2. The monoisotopic (exact) mass is 335 g/mol. The Labute approximate surface area is 126 Å². The molecule has 0 saturated carbocycles. The Morgan fingerprint density at radius 1 is 1.35 bits per heavy atom. The zero-order chi connectivity index (χ0) is 13.5. The Morgan fingerprint density at radius 3 is 3.10 bits per heavy atom. The van der Waals surface area contributed by atoms with Crippen LogP contribution in [-0.4, -0.2) is 37.6 Å². The van der Waals surface area contributed by atoms with Crippen LogP contribution in [0.2, 0.25) is 0 Å². The van der Waals surface area contributed by atoms with Crippen molar-refractivity contribution in [2.24, 2.45) is 0 Å². The average molecular weight is 336 g/mol. The van der Waals surface area contributed by atoms with Gasteiger partial charge in [0, 0.05) is 38.1 Å². The Hall–Kier alpha value is -1.14. The SMILES string of the molecule is Brc1cnn(C2CCN(Cc3cc4n(n3)CCC4)C2)c1. The zero-order valence-corrected chi connectivity index (χ0v) is 13.0. The Kier molecular flexibility index (Phi) is 3.15. The summed E-state index contributed by atoms with van der Waals surface area (Å²) < 4.78 is 5.31. The summed E-state index contributed by atoms with van der Waals surface area (Å²) >= 11 is 3.46. The van der Waals surface area contributed by atoms with E-state index in [1.54, 1.807) is 0 Å². The summed E-state index contributed by atoms with van der Waals surface area (Å²) in [4.78, 5) is 2.48. The average Bonchev–Trinajstić information content (AvgIpc) is 3.12. The third-order valence-electron chi connectivity index (χ3n) is 4.29. The number of rotatable bonds is 3. The van der Waals surface area contributed by atoms with Crippen LogP contribution in [0.1, 0.15) is 30.3 Å². The van der Waals surface area contributed by atoms with Crippen LogP contribution >= 0.6 is 15.9 Å². The van der Waals surface area contributed by atoms with Crippen LogP contribution in [0.4, 0.5) is 0 Å². The highest BCUT2D eigenvalue weighted by Crippen LogP contribution is 2.24. The maximum absolute atomic E-state index is 4.70. The van der Waals surface area contributed by atoms with E-state index in [0.29, 0.717) is 6.04 Å². The summed E-state index contributed by atoms with van der Waals surface area (Å²) in [5.74, 6) is 0. The molecule has 0 aromatic carbocycles. The van der Waals surface area contributed by atoms with Gasteiger partial charge in [-0.25, -0.2) is 0 Å². The molecule has 1 unspecified atom stereocenters. The molecular weight excluding hydrogens is 318 g/mol. The van der Waals surface area contributed by atoms with Crippen LogP contribution in [-0.2, 0) is 19.5 Å². The molecule has 1 atom stereocenters. The molecule has 106 valence electrons. The number of halogens is 1. The zero-order valence-electron chi connectivity index (χ0n) is 11.4. The molecule has 0 bridgehead atoms. The second-order valence-corrected chi connectivity index (χ2v) is 6.69. The number of hydrogen-bond acceptors (Lipinski definition) is 3. The molecule has 4 rings (SSSR count). The van der Waals surface area contributed by atoms with Crippen molar-refractivity contribution >= 4 is 15.9 Å². The highest BCUT2D eigenvalue weighted by molar-refractivity contribution is 9.10. The van der Waals surface area contributed by atoms with E-state index in [2.05, 4.69) is 47.6 Å². The third kappa shape index (κ3) is 2.31. The molecule has 2 aliphatic rings. The Bertz CT molecular complexity index is 595. The first-order valence-corrected chi connectivity index (χ1v) is 8.05. The van der Waals surface area contributed by atoms with Gasteiger partial charge in [0.1, 0.15) is 0 Å². The molecule has 6 heteroatoms. The third-order valence-corrected chi connectivity index (χ3v) is 4.70. The topological polar surface area (TPSA) is 38.9 Å². The smallest absolute Gasteiger partial charge is 0.0767 e. The molecule has 0 N–H and O–H groups in total. The van der Waals surface area contributed by atoms with Crippen molar-refractivity contribution in [1.29, 1.82) is 0 Å². The fourth-order valence-electron chi connectivity index (χ4n) is 3.31. The van der Waals surface area contributed by atoms with E-state index < -0.39 is 0 Å². The Balaban J connectivity index is 1.41. The van der Waals surface area contributed by atoms with Crippen LogP contribution in [0.15, 0.2) is 22.9 Å². The van der Waals surface area contributed by atoms with Gasteiger partial charge in [0.05, 0.1) is 22.4 Å². The lowest BCUT2D eigenvalue weighted by Gasteiger charge is -2.14. The summed E-state index contributed by atoms with van der Waals surface area (Å²) in [5.41, 5.74) is 2.63. The molecule has 5 nitrogen and oxygen atoms in total. The van der Waals surface area contributed by atoms with Crippen molar-refractivity contribution < 1.29 is 0 Å². The first-order chi connectivity index (χ1) is 9.78. The van der Waals surface area contributed by atoms with Crippen LogP contribution in [0.25, 0.3) is 0 Å². The number of fused-ring (bicyclic) bond motifs is 1. The molecule has 2 aromatic heterocycles. The van der Waals surface area contributed by atoms with Crippen LogP contribution in [0.5, 0.6) is 0 Å². The largest absolute Gasteiger partial charge is 0.295 e. The number of likely N-dealkylation sites (tertiary alicyclic amines) is 1. The molecule has 1 fully saturated rings. The maximum Gasteiger partial charge on any atom is 0.0767 e. The highest BCUT2D eigenvalue weighted by Gasteiger charge is 2.25. The van der Waals surface area contributed by atoms with E-state index in [1.807, 2.05) is 6.20 Å². The van der Waals surface area contributed by atoms with Crippen LogP contribution in [0.3, 0.4) is 0 Å². The van der Waals surface area contributed by atoms with E-state index in [-0.39, 0.29) is 0 Å². The Morgan fingerprint density at radius 2 is 2.30 bits per heavy atom. The van der Waals surface area contributed by atoms with Gasteiger partial charge in [-0.15, -0.1) is 0 Å². The number of hydrogen-bond donors (Lipinski definition) is 0. The quantitative estimate of drug-likeness (QED) is 0.863. The van der Waals surface area contributed by atoms with Crippen molar-refractivity contribution in [2.75, 3.05) is 13.1 Å². The van der Waals surface area contributed by atoms with Crippen LogP contribution < -0.4 is 0 Å². The molecule has 0 radical (unpaired) electrons. The summed E-state index contributed by atoms with van der Waals surface area (Å²) in [6.45, 7) is 4.26. The van der Waals surface area contributed by atoms with Gasteiger partial charge in [-0.05, 0) is 41.3 Å². The number of nitrogens with zero attached hydrogens (tertiary/aromatic N) is 5. The first kappa shape index (κ1) is 12.6. The van der Waals surface area contributed by atoms with E-state index in [9.17, 15) is 0 Å². The predicted molar refractivity (Wildman–Crippen MR) is 79.4 cm³/mol. The van der Waals surface area contributed by atoms with E-state index >= 15 is 0 Å².